The van der Waals surface area contributed by atoms with Gasteiger partial charge < -0.3 is 14.3 Å². The number of aldehydes is 1. The average molecular weight is 417 g/mol. The number of rotatable bonds is 5. The molecule has 7 atom stereocenters. The zero-order valence-corrected chi connectivity index (χ0v) is 18.9. The number of carbonyl (C=O) groups excluding carboxylic acids is 3. The van der Waals surface area contributed by atoms with Gasteiger partial charge in [0.2, 0.25) is 0 Å². The lowest BCUT2D eigenvalue weighted by molar-refractivity contribution is -0.161. The van der Waals surface area contributed by atoms with Crippen molar-refractivity contribution in [3.05, 3.63) is 12.2 Å². The van der Waals surface area contributed by atoms with Gasteiger partial charge in [-0.05, 0) is 73.5 Å². The third kappa shape index (κ3) is 2.76. The lowest BCUT2D eigenvalue weighted by atomic mass is 9.49. The fourth-order valence-corrected chi connectivity index (χ4v) is 8.11. The van der Waals surface area contributed by atoms with Gasteiger partial charge in [-0.25, -0.2) is 0 Å². The predicted molar refractivity (Wildman–Crippen MR) is 112 cm³/mol. The van der Waals surface area contributed by atoms with Crippen molar-refractivity contribution < 1.29 is 23.9 Å². The molecule has 1 spiro atoms. The molecule has 5 heteroatoms. The SMILES string of the molecule is C=C1CCC23CC2(C=O)C(C2(C)CCC(OC(C)=O)CC2COC(C)=O)CCC13C. The lowest BCUT2D eigenvalue weighted by Crippen LogP contribution is -2.52. The first kappa shape index (κ1) is 21.6. The Bertz CT molecular complexity index is 788. The van der Waals surface area contributed by atoms with Crippen molar-refractivity contribution in [2.45, 2.75) is 85.2 Å². The molecule has 7 unspecified atom stereocenters. The molecule has 0 saturated heterocycles. The van der Waals surface area contributed by atoms with Crippen molar-refractivity contribution in [2.24, 2.45) is 33.5 Å². The van der Waals surface area contributed by atoms with Crippen LogP contribution in [0.5, 0.6) is 0 Å². The van der Waals surface area contributed by atoms with Crippen molar-refractivity contribution in [1.29, 1.82) is 0 Å². The number of esters is 2. The second-order valence-corrected chi connectivity index (χ2v) is 11.0. The van der Waals surface area contributed by atoms with Crippen LogP contribution >= 0.6 is 0 Å². The number of hydrogen-bond acceptors (Lipinski definition) is 5. The van der Waals surface area contributed by atoms with Crippen LogP contribution in [0.15, 0.2) is 12.2 Å². The monoisotopic (exact) mass is 416 g/mol. The Labute approximate surface area is 179 Å². The van der Waals surface area contributed by atoms with Gasteiger partial charge in [-0.2, -0.15) is 0 Å². The molecule has 4 rings (SSSR count). The first-order chi connectivity index (χ1) is 14.0. The molecule has 5 nitrogen and oxygen atoms in total. The molecular weight excluding hydrogens is 380 g/mol. The van der Waals surface area contributed by atoms with E-state index >= 15 is 0 Å². The fourth-order valence-electron chi connectivity index (χ4n) is 8.11. The van der Waals surface area contributed by atoms with Crippen LogP contribution in [0.3, 0.4) is 0 Å². The van der Waals surface area contributed by atoms with E-state index in [0.29, 0.717) is 13.0 Å². The summed E-state index contributed by atoms with van der Waals surface area (Å²) in [6.45, 7) is 12.2. The van der Waals surface area contributed by atoms with Gasteiger partial charge in [-0.3, -0.25) is 9.59 Å². The molecule has 30 heavy (non-hydrogen) atoms. The van der Waals surface area contributed by atoms with Crippen LogP contribution in [0.4, 0.5) is 0 Å². The van der Waals surface area contributed by atoms with E-state index < -0.39 is 0 Å². The minimum absolute atomic E-state index is 0.0590. The molecule has 0 radical (unpaired) electrons. The second kappa shape index (κ2) is 6.93. The molecule has 4 fully saturated rings. The van der Waals surface area contributed by atoms with Crippen LogP contribution in [-0.4, -0.2) is 30.9 Å². The standard InChI is InChI=1S/C25H36O5/c1-16-6-11-25-14-24(25,15-26)21(8-10-23(16,25)5)22(4)9-7-20(30-18(3)28)12-19(22)13-29-17(2)27/h15,19-21H,1,6-14H2,2-5H3. The zero-order valence-electron chi connectivity index (χ0n) is 18.9. The number of hydrogen-bond donors (Lipinski definition) is 0. The molecule has 4 saturated carbocycles. The van der Waals surface area contributed by atoms with Crippen LogP contribution in [0.2, 0.25) is 0 Å². The van der Waals surface area contributed by atoms with Crippen LogP contribution in [0, 0.1) is 33.5 Å². The molecule has 0 aromatic rings. The molecule has 0 bridgehead atoms. The maximum absolute atomic E-state index is 12.7. The highest BCUT2D eigenvalue weighted by Crippen LogP contribution is 2.86. The van der Waals surface area contributed by atoms with E-state index in [1.54, 1.807) is 0 Å². The Morgan fingerprint density at radius 3 is 2.50 bits per heavy atom. The largest absolute Gasteiger partial charge is 0.466 e. The first-order valence-corrected chi connectivity index (χ1v) is 11.5. The van der Waals surface area contributed by atoms with E-state index in [4.69, 9.17) is 9.47 Å². The van der Waals surface area contributed by atoms with Gasteiger partial charge in [0.05, 0.1) is 6.61 Å². The maximum atomic E-state index is 12.7. The summed E-state index contributed by atoms with van der Waals surface area (Å²) in [5.74, 6) is -0.213. The molecule has 0 N–H and O–H groups in total. The van der Waals surface area contributed by atoms with Gasteiger partial charge in [0.15, 0.2) is 0 Å². The molecule has 4 aliphatic carbocycles. The van der Waals surface area contributed by atoms with Gasteiger partial charge in [0.1, 0.15) is 12.4 Å². The number of allylic oxidation sites excluding steroid dienone is 1. The van der Waals surface area contributed by atoms with Crippen molar-refractivity contribution in [1.82, 2.24) is 0 Å². The number of carbonyl (C=O) groups is 3. The Morgan fingerprint density at radius 1 is 1.13 bits per heavy atom. The fraction of sp³-hybridized carbons (Fsp3) is 0.800. The Morgan fingerprint density at radius 2 is 1.87 bits per heavy atom. The van der Waals surface area contributed by atoms with E-state index in [0.717, 1.165) is 44.9 Å². The normalized spacial score (nSPS) is 47.1. The van der Waals surface area contributed by atoms with Gasteiger partial charge in [0.25, 0.3) is 0 Å². The Kier molecular flexibility index (Phi) is 4.98. The van der Waals surface area contributed by atoms with E-state index in [-0.39, 0.29) is 51.5 Å². The predicted octanol–water partition coefficient (Wildman–Crippen LogP) is 4.63. The second-order valence-electron chi connectivity index (χ2n) is 11.0. The van der Waals surface area contributed by atoms with Gasteiger partial charge >= 0.3 is 11.9 Å². The van der Waals surface area contributed by atoms with E-state index in [1.165, 1.54) is 25.7 Å². The van der Waals surface area contributed by atoms with E-state index in [9.17, 15) is 14.4 Å². The van der Waals surface area contributed by atoms with Crippen molar-refractivity contribution in [3.8, 4) is 0 Å². The summed E-state index contributed by atoms with van der Waals surface area (Å²) in [5, 5.41) is 0. The summed E-state index contributed by atoms with van der Waals surface area (Å²) < 4.78 is 11.0. The van der Waals surface area contributed by atoms with Gasteiger partial charge in [0, 0.05) is 25.2 Å². The molecule has 0 aliphatic heterocycles. The maximum Gasteiger partial charge on any atom is 0.302 e. The zero-order chi connectivity index (χ0) is 21.9. The van der Waals surface area contributed by atoms with Crippen LogP contribution in [-0.2, 0) is 23.9 Å². The summed E-state index contributed by atoms with van der Waals surface area (Å²) in [4.78, 5) is 35.8. The van der Waals surface area contributed by atoms with E-state index in [2.05, 4.69) is 20.4 Å². The summed E-state index contributed by atoms with van der Waals surface area (Å²) in [5.41, 5.74) is 1.04. The molecule has 0 aromatic heterocycles. The molecule has 4 aliphatic rings. The molecule has 0 heterocycles. The smallest absolute Gasteiger partial charge is 0.302 e. The lowest BCUT2D eigenvalue weighted by Gasteiger charge is -2.55. The quantitative estimate of drug-likeness (QED) is 0.371. The average Bonchev–Trinajstić information content (AvgIpc) is 3.31. The molecular formula is C25H36O5. The highest BCUT2D eigenvalue weighted by atomic mass is 16.5. The topological polar surface area (TPSA) is 69.7 Å². The molecule has 0 amide bonds. The summed E-state index contributed by atoms with van der Waals surface area (Å²) >= 11 is 0. The molecule has 0 aromatic carbocycles. The highest BCUT2D eigenvalue weighted by molar-refractivity contribution is 5.71. The van der Waals surface area contributed by atoms with Crippen molar-refractivity contribution in [2.75, 3.05) is 6.61 Å². The third-order valence-corrected chi connectivity index (χ3v) is 9.92. The third-order valence-electron chi connectivity index (χ3n) is 9.92. The first-order valence-electron chi connectivity index (χ1n) is 11.5. The highest BCUT2D eigenvalue weighted by Gasteiger charge is 2.82. The van der Waals surface area contributed by atoms with E-state index in [1.807, 2.05) is 0 Å². The van der Waals surface area contributed by atoms with Gasteiger partial charge in [-0.15, -0.1) is 0 Å². The minimum atomic E-state index is -0.295. The summed E-state index contributed by atoms with van der Waals surface area (Å²) in [6.07, 6.45) is 8.64. The van der Waals surface area contributed by atoms with Crippen LogP contribution < -0.4 is 0 Å². The van der Waals surface area contributed by atoms with Crippen molar-refractivity contribution >= 4 is 18.2 Å². The van der Waals surface area contributed by atoms with Crippen LogP contribution in [0.25, 0.3) is 0 Å². The van der Waals surface area contributed by atoms with Crippen LogP contribution in [0.1, 0.15) is 79.1 Å². The number of ether oxygens (including phenoxy) is 2. The summed E-state index contributed by atoms with van der Waals surface area (Å²) in [7, 11) is 0. The Hall–Kier alpha value is -1.65. The summed E-state index contributed by atoms with van der Waals surface area (Å²) in [6, 6.07) is 0. The van der Waals surface area contributed by atoms with Crippen molar-refractivity contribution in [3.63, 3.8) is 0 Å². The molecule has 166 valence electrons. The minimum Gasteiger partial charge on any atom is -0.466 e. The van der Waals surface area contributed by atoms with Gasteiger partial charge in [-0.1, -0.05) is 26.0 Å². The Balaban J connectivity index is 1.65.